The topological polar surface area (TPSA) is 46.0 Å². The summed E-state index contributed by atoms with van der Waals surface area (Å²) in [5.41, 5.74) is 0. The third-order valence-corrected chi connectivity index (χ3v) is 2.64. The molecule has 1 rings (SSSR count). The minimum Gasteiger partial charge on any atom is -0.402 e. The van der Waals surface area contributed by atoms with Crippen LogP contribution in [0.2, 0.25) is 0 Å². The van der Waals surface area contributed by atoms with E-state index in [-0.39, 0.29) is 10.9 Å². The zero-order valence-corrected chi connectivity index (χ0v) is 7.80. The van der Waals surface area contributed by atoms with E-state index in [9.17, 15) is 0 Å². The number of rotatable bonds is 2. The van der Waals surface area contributed by atoms with Gasteiger partial charge in [0.15, 0.2) is 0 Å². The lowest BCUT2D eigenvalue weighted by molar-refractivity contribution is 0.215. The highest BCUT2D eigenvalue weighted by atomic mass is 32.1. The van der Waals surface area contributed by atoms with Crippen LogP contribution < -0.4 is 0 Å². The lowest BCUT2D eigenvalue weighted by atomic mass is 9.66. The van der Waals surface area contributed by atoms with Crippen molar-refractivity contribution in [1.29, 1.82) is 0 Å². The molecule has 1 N–H and O–H groups in total. The first-order valence-corrected chi connectivity index (χ1v) is 4.37. The summed E-state index contributed by atoms with van der Waals surface area (Å²) in [6.07, 6.45) is 0. The summed E-state index contributed by atoms with van der Waals surface area (Å²) in [6, 6.07) is 0. The van der Waals surface area contributed by atoms with Gasteiger partial charge < -0.3 is 5.11 Å². The summed E-state index contributed by atoms with van der Waals surface area (Å²) in [4.78, 5) is 0. The fourth-order valence-corrected chi connectivity index (χ4v) is 1.39. The van der Waals surface area contributed by atoms with E-state index in [0.717, 1.165) is 5.01 Å². The van der Waals surface area contributed by atoms with Crippen molar-refractivity contribution in [2.45, 2.75) is 25.2 Å². The van der Waals surface area contributed by atoms with Gasteiger partial charge in [0.25, 0.3) is 0 Å². The van der Waals surface area contributed by atoms with Crippen molar-refractivity contribution < 1.29 is 5.11 Å². The lowest BCUT2D eigenvalue weighted by Gasteiger charge is -2.12. The summed E-state index contributed by atoms with van der Waals surface area (Å²) in [5, 5.41) is 15.9. The summed E-state index contributed by atoms with van der Waals surface area (Å²) >= 11 is 1.23. The third-order valence-electron chi connectivity index (χ3n) is 1.28. The van der Waals surface area contributed by atoms with Gasteiger partial charge in [-0.05, 0) is 0 Å². The van der Waals surface area contributed by atoms with Crippen LogP contribution in [-0.2, 0) is 5.40 Å². The molecular formula is C6H8B2N2OS. The van der Waals surface area contributed by atoms with E-state index < -0.39 is 5.40 Å². The van der Waals surface area contributed by atoms with Gasteiger partial charge >= 0.3 is 0 Å². The van der Waals surface area contributed by atoms with E-state index in [1.807, 2.05) is 13.8 Å². The largest absolute Gasteiger partial charge is 0.402 e. The normalized spacial score (nSPS) is 12.3. The second-order valence-corrected chi connectivity index (χ2v) is 3.93. The van der Waals surface area contributed by atoms with Gasteiger partial charge in [0, 0.05) is 11.3 Å². The molecule has 0 unspecified atom stereocenters. The van der Waals surface area contributed by atoms with Crippen LogP contribution in [0.5, 0.6) is 0 Å². The average molecular weight is 178 g/mol. The molecule has 0 saturated carbocycles. The molecule has 0 aliphatic heterocycles. The molecule has 0 amide bonds. The smallest absolute Gasteiger partial charge is 0.130 e. The van der Waals surface area contributed by atoms with Gasteiger partial charge in [0.05, 0.1) is 0 Å². The Morgan fingerprint density at radius 3 is 2.25 bits per heavy atom. The van der Waals surface area contributed by atoms with E-state index in [1.54, 1.807) is 0 Å². The van der Waals surface area contributed by atoms with Gasteiger partial charge in [-0.2, -0.15) is 0 Å². The fraction of sp³-hybridized carbons (Fsp3) is 0.667. The van der Waals surface area contributed by atoms with E-state index in [4.69, 9.17) is 20.8 Å². The number of hydrogen-bond donors (Lipinski definition) is 1. The molecule has 4 radical (unpaired) electrons. The molecule has 0 aliphatic carbocycles. The standard InChI is InChI=1S/C6H8B2N2OS/c1-3(2)4-9-10-5(12-4)6(7,8)11/h3,11H,1-2H3. The average Bonchev–Trinajstić information content (AvgIpc) is 2.30. The highest BCUT2D eigenvalue weighted by Crippen LogP contribution is 2.23. The highest BCUT2D eigenvalue weighted by molar-refractivity contribution is 7.12. The Kier molecular flexibility index (Phi) is 2.58. The molecule has 0 atom stereocenters. The molecule has 1 heterocycles. The fourth-order valence-electron chi connectivity index (χ4n) is 0.630. The first-order valence-electron chi connectivity index (χ1n) is 3.55. The molecule has 12 heavy (non-hydrogen) atoms. The Morgan fingerprint density at radius 1 is 1.42 bits per heavy atom. The Labute approximate surface area is 78.0 Å². The number of nitrogens with zero attached hydrogens (tertiary/aromatic N) is 2. The van der Waals surface area contributed by atoms with E-state index >= 15 is 0 Å². The van der Waals surface area contributed by atoms with Crippen LogP contribution in [0.3, 0.4) is 0 Å². The number of aromatic nitrogens is 2. The summed E-state index contributed by atoms with van der Waals surface area (Å²) in [5.74, 6) is 0.276. The SMILES string of the molecule is [B]C([B])(O)c1nnc(C(C)C)s1. The van der Waals surface area contributed by atoms with Crippen molar-refractivity contribution in [3.63, 3.8) is 0 Å². The molecule has 3 nitrogen and oxygen atoms in total. The third kappa shape index (κ3) is 2.08. The van der Waals surface area contributed by atoms with Gasteiger partial charge in [-0.1, -0.05) is 25.2 Å². The van der Waals surface area contributed by atoms with Crippen LogP contribution in [0.25, 0.3) is 0 Å². The number of aliphatic hydroxyl groups is 1. The van der Waals surface area contributed by atoms with E-state index in [2.05, 4.69) is 10.2 Å². The molecule has 0 fully saturated rings. The van der Waals surface area contributed by atoms with E-state index in [0.29, 0.717) is 0 Å². The van der Waals surface area contributed by atoms with Gasteiger partial charge in [-0.3, -0.25) is 0 Å². The maximum Gasteiger partial charge on any atom is 0.130 e. The minimum absolute atomic E-state index is 0.242. The zero-order valence-electron chi connectivity index (χ0n) is 6.98. The Bertz CT molecular complexity index is 269. The van der Waals surface area contributed by atoms with Gasteiger partial charge in [0.1, 0.15) is 25.7 Å². The molecule has 0 bridgehead atoms. The van der Waals surface area contributed by atoms with E-state index in [1.165, 1.54) is 11.3 Å². The molecule has 1 aromatic heterocycles. The van der Waals surface area contributed by atoms with Crippen LogP contribution in [0, 0.1) is 0 Å². The van der Waals surface area contributed by atoms with Crippen molar-refractivity contribution >= 4 is 27.0 Å². The maximum absolute atomic E-state index is 9.15. The van der Waals surface area contributed by atoms with Gasteiger partial charge in [0.2, 0.25) is 0 Å². The summed E-state index contributed by atoms with van der Waals surface area (Å²) < 4.78 is 0. The molecule has 60 valence electrons. The van der Waals surface area contributed by atoms with Crippen LogP contribution in [0.15, 0.2) is 0 Å². The van der Waals surface area contributed by atoms with Crippen molar-refractivity contribution in [2.75, 3.05) is 0 Å². The molecule has 0 aliphatic rings. The second kappa shape index (κ2) is 3.18. The number of hydrogen-bond acceptors (Lipinski definition) is 4. The highest BCUT2D eigenvalue weighted by Gasteiger charge is 2.20. The minimum atomic E-state index is -1.86. The molecule has 0 aromatic carbocycles. The van der Waals surface area contributed by atoms with Crippen molar-refractivity contribution in [2.24, 2.45) is 0 Å². The predicted molar refractivity (Wildman–Crippen MR) is 49.4 cm³/mol. The Hall–Kier alpha value is -0.350. The van der Waals surface area contributed by atoms with Crippen molar-refractivity contribution in [3.05, 3.63) is 10.0 Å². The van der Waals surface area contributed by atoms with Crippen LogP contribution in [0.4, 0.5) is 0 Å². The molecular weight excluding hydrogens is 170 g/mol. The Balaban J connectivity index is 2.92. The first kappa shape index (κ1) is 9.74. The van der Waals surface area contributed by atoms with Crippen LogP contribution >= 0.6 is 11.3 Å². The first-order chi connectivity index (χ1) is 5.41. The quantitative estimate of drug-likeness (QED) is 0.653. The van der Waals surface area contributed by atoms with Gasteiger partial charge in [-0.15, -0.1) is 10.2 Å². The van der Waals surface area contributed by atoms with Crippen molar-refractivity contribution in [1.82, 2.24) is 10.2 Å². The monoisotopic (exact) mass is 178 g/mol. The van der Waals surface area contributed by atoms with Crippen LogP contribution in [-0.4, -0.2) is 31.0 Å². The molecule has 1 aromatic rings. The maximum atomic E-state index is 9.15. The van der Waals surface area contributed by atoms with Gasteiger partial charge in [-0.25, -0.2) is 0 Å². The zero-order chi connectivity index (χ0) is 9.35. The van der Waals surface area contributed by atoms with Crippen LogP contribution in [0.1, 0.15) is 29.8 Å². The predicted octanol–water partition coefficient (Wildman–Crippen LogP) is 0.101. The second-order valence-electron chi connectivity index (χ2n) is 2.93. The van der Waals surface area contributed by atoms with Crippen molar-refractivity contribution in [3.8, 4) is 0 Å². The molecule has 6 heteroatoms. The molecule has 0 saturated heterocycles. The summed E-state index contributed by atoms with van der Waals surface area (Å²) in [6.45, 7) is 3.97. The molecule has 0 spiro atoms. The summed E-state index contributed by atoms with van der Waals surface area (Å²) in [7, 11) is 10.4. The lowest BCUT2D eigenvalue weighted by Crippen LogP contribution is -2.25. The Morgan fingerprint density at radius 2 is 2.00 bits per heavy atom.